The lowest BCUT2D eigenvalue weighted by molar-refractivity contribution is 0.0932. The molecule has 0 aliphatic heterocycles. The van der Waals surface area contributed by atoms with Crippen LogP contribution >= 0.6 is 12.4 Å². The van der Waals surface area contributed by atoms with E-state index in [4.69, 9.17) is 5.73 Å². The number of hydrogen-bond donors (Lipinski definition) is 3. The first-order valence-electron chi connectivity index (χ1n) is 8.70. The first-order chi connectivity index (χ1) is 12.8. The zero-order valence-corrected chi connectivity index (χ0v) is 16.9. The molecule has 9 heteroatoms. The fourth-order valence-electron chi connectivity index (χ4n) is 2.86. The summed E-state index contributed by atoms with van der Waals surface area (Å²) in [7, 11) is -3.91. The molecule has 1 atom stereocenters. The lowest BCUT2D eigenvalue weighted by Gasteiger charge is -2.17. The smallest absolute Gasteiger partial charge is 0.261 e. The van der Waals surface area contributed by atoms with Gasteiger partial charge in [-0.15, -0.1) is 12.4 Å². The molecule has 1 amide bonds. The molecule has 1 saturated carbocycles. The Hall–Kier alpha value is -2.16. The van der Waals surface area contributed by atoms with Gasteiger partial charge in [-0.3, -0.25) is 9.52 Å². The molecular formula is C19H23ClFN3O3S. The number of nitrogens with one attached hydrogen (secondary N) is 2. The molecule has 0 bridgehead atoms. The van der Waals surface area contributed by atoms with Crippen LogP contribution in [0.2, 0.25) is 0 Å². The topological polar surface area (TPSA) is 101 Å². The van der Waals surface area contributed by atoms with Crippen molar-refractivity contribution in [3.8, 4) is 0 Å². The molecule has 0 radical (unpaired) electrons. The van der Waals surface area contributed by atoms with Gasteiger partial charge >= 0.3 is 0 Å². The average molecular weight is 428 g/mol. The first kappa shape index (κ1) is 22.1. The molecule has 3 rings (SSSR count). The lowest BCUT2D eigenvalue weighted by Crippen LogP contribution is -2.42. The number of rotatable bonds is 7. The number of benzene rings is 2. The number of hydrogen-bond acceptors (Lipinski definition) is 4. The molecule has 0 saturated heterocycles. The molecule has 0 heterocycles. The van der Waals surface area contributed by atoms with Crippen LogP contribution in [0.1, 0.15) is 28.8 Å². The van der Waals surface area contributed by atoms with Gasteiger partial charge in [0, 0.05) is 23.8 Å². The van der Waals surface area contributed by atoms with Crippen LogP contribution in [0.25, 0.3) is 0 Å². The number of carbonyl (C=O) groups is 1. The van der Waals surface area contributed by atoms with Crippen LogP contribution in [-0.2, 0) is 10.0 Å². The Balaban J connectivity index is 0.00000280. The van der Waals surface area contributed by atoms with Gasteiger partial charge in [-0.25, -0.2) is 12.8 Å². The van der Waals surface area contributed by atoms with Gasteiger partial charge < -0.3 is 11.1 Å². The predicted molar refractivity (Wildman–Crippen MR) is 109 cm³/mol. The number of anilines is 1. The Kier molecular flexibility index (Phi) is 7.03. The van der Waals surface area contributed by atoms with Crippen LogP contribution in [0.5, 0.6) is 0 Å². The van der Waals surface area contributed by atoms with Crippen molar-refractivity contribution < 1.29 is 17.6 Å². The molecule has 152 valence electrons. The van der Waals surface area contributed by atoms with Crippen LogP contribution in [0, 0.1) is 18.7 Å². The van der Waals surface area contributed by atoms with Gasteiger partial charge in [-0.2, -0.15) is 0 Å². The van der Waals surface area contributed by atoms with Crippen molar-refractivity contribution in [2.24, 2.45) is 11.7 Å². The van der Waals surface area contributed by atoms with E-state index in [9.17, 15) is 17.6 Å². The first-order valence-corrected chi connectivity index (χ1v) is 10.2. The van der Waals surface area contributed by atoms with E-state index in [1.165, 1.54) is 24.3 Å². The summed E-state index contributed by atoms with van der Waals surface area (Å²) in [6.07, 6.45) is 2.08. The van der Waals surface area contributed by atoms with E-state index in [1.807, 2.05) is 0 Å². The molecule has 2 aromatic rings. The third-order valence-corrected chi connectivity index (χ3v) is 6.00. The summed E-state index contributed by atoms with van der Waals surface area (Å²) < 4.78 is 40.6. The van der Waals surface area contributed by atoms with E-state index in [1.54, 1.807) is 13.0 Å². The number of halogens is 2. The average Bonchev–Trinajstić information content (AvgIpc) is 3.46. The van der Waals surface area contributed by atoms with Gasteiger partial charge in [0.05, 0.1) is 4.90 Å². The number of carbonyl (C=O) groups excluding carboxylic acids is 1. The van der Waals surface area contributed by atoms with Crippen molar-refractivity contribution in [3.05, 3.63) is 59.4 Å². The van der Waals surface area contributed by atoms with Crippen LogP contribution in [0.4, 0.5) is 10.1 Å². The monoisotopic (exact) mass is 427 g/mol. The third kappa shape index (κ3) is 5.21. The highest BCUT2D eigenvalue weighted by atomic mass is 35.5. The quantitative estimate of drug-likeness (QED) is 0.632. The van der Waals surface area contributed by atoms with Crippen molar-refractivity contribution in [1.29, 1.82) is 0 Å². The highest BCUT2D eigenvalue weighted by molar-refractivity contribution is 7.92. The van der Waals surface area contributed by atoms with E-state index in [0.29, 0.717) is 18.0 Å². The van der Waals surface area contributed by atoms with Gasteiger partial charge in [-0.1, -0.05) is 6.07 Å². The molecule has 0 aromatic heterocycles. The zero-order chi connectivity index (χ0) is 19.6. The Morgan fingerprint density at radius 1 is 1.21 bits per heavy atom. The summed E-state index contributed by atoms with van der Waals surface area (Å²) in [4.78, 5) is 12.6. The summed E-state index contributed by atoms with van der Waals surface area (Å²) in [6, 6.07) is 9.24. The largest absolute Gasteiger partial charge is 0.348 e. The second-order valence-electron chi connectivity index (χ2n) is 6.74. The molecule has 1 aliphatic carbocycles. The molecule has 4 N–H and O–H groups in total. The van der Waals surface area contributed by atoms with E-state index < -0.39 is 15.8 Å². The van der Waals surface area contributed by atoms with Crippen molar-refractivity contribution in [2.75, 3.05) is 11.3 Å². The molecule has 2 aromatic carbocycles. The van der Waals surface area contributed by atoms with E-state index in [2.05, 4.69) is 10.0 Å². The van der Waals surface area contributed by atoms with Crippen molar-refractivity contribution in [1.82, 2.24) is 5.32 Å². The van der Waals surface area contributed by atoms with Crippen molar-refractivity contribution >= 4 is 34.0 Å². The number of aryl methyl sites for hydroxylation is 1. The zero-order valence-electron chi connectivity index (χ0n) is 15.3. The van der Waals surface area contributed by atoms with Crippen molar-refractivity contribution in [3.63, 3.8) is 0 Å². The Morgan fingerprint density at radius 3 is 2.43 bits per heavy atom. The van der Waals surface area contributed by atoms with E-state index in [-0.39, 0.29) is 40.5 Å². The standard InChI is InChI=1S/C19H22FN3O3S.ClH/c1-12-2-9-16(27(25,26)23-15-7-5-14(20)6-8-15)10-17(12)19(24)22-18(11-21)13-3-4-13;/h2,5-10,13,18,23H,3-4,11,21H2,1H3,(H,22,24);1H. The highest BCUT2D eigenvalue weighted by Gasteiger charge is 2.31. The summed E-state index contributed by atoms with van der Waals surface area (Å²) >= 11 is 0. The molecule has 28 heavy (non-hydrogen) atoms. The summed E-state index contributed by atoms with van der Waals surface area (Å²) in [5.74, 6) is -0.405. The van der Waals surface area contributed by atoms with Gasteiger partial charge in [-0.05, 0) is 67.6 Å². The van der Waals surface area contributed by atoms with Crippen LogP contribution in [-0.4, -0.2) is 26.9 Å². The van der Waals surface area contributed by atoms with E-state index in [0.717, 1.165) is 25.0 Å². The maximum absolute atomic E-state index is 13.0. The Bertz CT molecular complexity index is 947. The van der Waals surface area contributed by atoms with Gasteiger partial charge in [0.15, 0.2) is 0 Å². The number of amides is 1. The summed E-state index contributed by atoms with van der Waals surface area (Å²) in [5, 5.41) is 2.90. The van der Waals surface area contributed by atoms with Crippen LogP contribution in [0.15, 0.2) is 47.4 Å². The molecule has 1 aliphatic rings. The van der Waals surface area contributed by atoms with Crippen LogP contribution in [0.3, 0.4) is 0 Å². The molecular weight excluding hydrogens is 405 g/mol. The number of sulfonamides is 1. The third-order valence-electron chi connectivity index (χ3n) is 4.62. The number of nitrogens with two attached hydrogens (primary N) is 1. The molecule has 6 nitrogen and oxygen atoms in total. The molecule has 1 fully saturated rings. The van der Waals surface area contributed by atoms with Gasteiger partial charge in [0.2, 0.25) is 0 Å². The maximum atomic E-state index is 13.0. The predicted octanol–water partition coefficient (Wildman–Crippen LogP) is 2.82. The maximum Gasteiger partial charge on any atom is 0.261 e. The minimum atomic E-state index is -3.91. The second kappa shape index (κ2) is 8.89. The summed E-state index contributed by atoms with van der Waals surface area (Å²) in [6.45, 7) is 2.09. The fraction of sp³-hybridized carbons (Fsp3) is 0.316. The normalized spacial score (nSPS) is 14.7. The van der Waals surface area contributed by atoms with E-state index >= 15 is 0 Å². The summed E-state index contributed by atoms with van der Waals surface area (Å²) in [5.41, 5.74) is 6.92. The SMILES string of the molecule is Cc1ccc(S(=O)(=O)Nc2ccc(F)cc2)cc1C(=O)NC(CN)C1CC1.Cl. The Morgan fingerprint density at radius 2 is 1.86 bits per heavy atom. The lowest BCUT2D eigenvalue weighted by atomic mass is 10.1. The minimum Gasteiger partial charge on any atom is -0.348 e. The molecule has 1 unspecified atom stereocenters. The molecule has 0 spiro atoms. The Labute approximate surface area is 170 Å². The van der Waals surface area contributed by atoms with Gasteiger partial charge in [0.25, 0.3) is 15.9 Å². The highest BCUT2D eigenvalue weighted by Crippen LogP contribution is 2.32. The second-order valence-corrected chi connectivity index (χ2v) is 8.42. The van der Waals surface area contributed by atoms with Gasteiger partial charge in [0.1, 0.15) is 5.82 Å². The van der Waals surface area contributed by atoms with Crippen LogP contribution < -0.4 is 15.8 Å². The van der Waals surface area contributed by atoms with Crippen molar-refractivity contribution in [2.45, 2.75) is 30.7 Å². The minimum absolute atomic E-state index is 0. The fourth-order valence-corrected chi connectivity index (χ4v) is 3.94.